The van der Waals surface area contributed by atoms with E-state index in [0.717, 1.165) is 44.2 Å². The summed E-state index contributed by atoms with van der Waals surface area (Å²) in [5, 5.41) is 6.92. The number of hydrogen-bond acceptors (Lipinski definition) is 7. The number of morpholine rings is 1. The van der Waals surface area contributed by atoms with Gasteiger partial charge in [-0.25, -0.2) is 0 Å². The molecule has 3 rings (SSSR count). The Morgan fingerprint density at radius 2 is 2.04 bits per heavy atom. The molecule has 1 aromatic carbocycles. The Hall–Kier alpha value is -2.45. The molecule has 1 N–H and O–H groups in total. The summed E-state index contributed by atoms with van der Waals surface area (Å²) in [7, 11) is 0. The monoisotopic (exact) mass is 374 g/mol. The fourth-order valence-corrected chi connectivity index (χ4v) is 2.83. The largest absolute Gasteiger partial charge is 0.494 e. The van der Waals surface area contributed by atoms with Crippen LogP contribution in [-0.4, -0.2) is 66.9 Å². The van der Waals surface area contributed by atoms with Crippen LogP contribution in [0.25, 0.3) is 11.4 Å². The van der Waals surface area contributed by atoms with Gasteiger partial charge in [0.1, 0.15) is 5.75 Å². The van der Waals surface area contributed by atoms with E-state index in [1.165, 1.54) is 0 Å². The third kappa shape index (κ3) is 6.04. The van der Waals surface area contributed by atoms with Crippen molar-refractivity contribution in [3.8, 4) is 17.1 Å². The maximum Gasteiger partial charge on any atom is 0.227 e. The van der Waals surface area contributed by atoms with Crippen LogP contribution in [0.5, 0.6) is 5.75 Å². The van der Waals surface area contributed by atoms with E-state index in [2.05, 4.69) is 20.4 Å². The van der Waals surface area contributed by atoms with E-state index in [1.807, 2.05) is 31.2 Å². The summed E-state index contributed by atoms with van der Waals surface area (Å²) >= 11 is 0. The molecule has 1 amide bonds. The molecule has 0 bridgehead atoms. The van der Waals surface area contributed by atoms with Crippen LogP contribution in [0.3, 0.4) is 0 Å². The van der Waals surface area contributed by atoms with Crippen molar-refractivity contribution >= 4 is 5.91 Å². The van der Waals surface area contributed by atoms with Crippen LogP contribution in [0, 0.1) is 0 Å². The fourth-order valence-electron chi connectivity index (χ4n) is 2.83. The molecule has 1 aromatic heterocycles. The molecular weight excluding hydrogens is 348 g/mol. The predicted octanol–water partition coefficient (Wildman–Crippen LogP) is 1.52. The van der Waals surface area contributed by atoms with Crippen molar-refractivity contribution in [3.63, 3.8) is 0 Å². The standard InChI is InChI=1S/C19H26N4O4/c1-2-26-16-5-3-15(4-6-16)19-21-18(27-22-19)8-7-17(24)20-9-10-23-11-13-25-14-12-23/h3-6H,2,7-14H2,1H3,(H,20,24). The second kappa shape index (κ2) is 10.0. The van der Waals surface area contributed by atoms with E-state index in [9.17, 15) is 4.79 Å². The Kier molecular flexibility index (Phi) is 7.18. The molecule has 0 aliphatic carbocycles. The number of rotatable bonds is 9. The highest BCUT2D eigenvalue weighted by atomic mass is 16.5. The van der Waals surface area contributed by atoms with Gasteiger partial charge in [0.05, 0.1) is 19.8 Å². The van der Waals surface area contributed by atoms with Crippen molar-refractivity contribution in [1.29, 1.82) is 0 Å². The van der Waals surface area contributed by atoms with E-state index < -0.39 is 0 Å². The zero-order valence-electron chi connectivity index (χ0n) is 15.6. The molecule has 0 saturated carbocycles. The number of aryl methyl sites for hydroxylation is 1. The first-order valence-corrected chi connectivity index (χ1v) is 9.37. The zero-order valence-corrected chi connectivity index (χ0v) is 15.6. The molecule has 146 valence electrons. The second-order valence-electron chi connectivity index (χ2n) is 6.27. The van der Waals surface area contributed by atoms with Crippen LogP contribution in [0.4, 0.5) is 0 Å². The lowest BCUT2D eigenvalue weighted by molar-refractivity contribution is -0.121. The SMILES string of the molecule is CCOc1ccc(-c2noc(CCC(=O)NCCN3CCOCC3)n2)cc1. The smallest absolute Gasteiger partial charge is 0.227 e. The molecular formula is C19H26N4O4. The van der Waals surface area contributed by atoms with Crippen molar-refractivity contribution in [2.24, 2.45) is 0 Å². The van der Waals surface area contributed by atoms with Crippen molar-refractivity contribution in [2.75, 3.05) is 46.0 Å². The number of benzene rings is 1. The van der Waals surface area contributed by atoms with Crippen molar-refractivity contribution in [1.82, 2.24) is 20.4 Å². The van der Waals surface area contributed by atoms with E-state index in [1.54, 1.807) is 0 Å². The van der Waals surface area contributed by atoms with Crippen molar-refractivity contribution in [3.05, 3.63) is 30.2 Å². The van der Waals surface area contributed by atoms with Crippen LogP contribution in [0.15, 0.2) is 28.8 Å². The summed E-state index contributed by atoms with van der Waals surface area (Å²) in [4.78, 5) is 18.6. The first-order chi connectivity index (χ1) is 13.2. The maximum absolute atomic E-state index is 12.0. The normalized spacial score (nSPS) is 14.9. The second-order valence-corrected chi connectivity index (χ2v) is 6.27. The molecule has 27 heavy (non-hydrogen) atoms. The first-order valence-electron chi connectivity index (χ1n) is 9.37. The summed E-state index contributed by atoms with van der Waals surface area (Å²) in [6.07, 6.45) is 0.751. The summed E-state index contributed by atoms with van der Waals surface area (Å²) in [5.74, 6) is 1.77. The Morgan fingerprint density at radius 1 is 1.26 bits per heavy atom. The molecule has 0 spiro atoms. The highest BCUT2D eigenvalue weighted by Crippen LogP contribution is 2.20. The number of amides is 1. The summed E-state index contributed by atoms with van der Waals surface area (Å²) in [5.41, 5.74) is 0.850. The topological polar surface area (TPSA) is 89.7 Å². The maximum atomic E-state index is 12.0. The molecule has 8 nitrogen and oxygen atoms in total. The molecule has 0 unspecified atom stereocenters. The van der Waals surface area contributed by atoms with Crippen LogP contribution in [-0.2, 0) is 16.0 Å². The molecule has 1 saturated heterocycles. The summed E-state index contributed by atoms with van der Waals surface area (Å²) < 4.78 is 16.0. The molecule has 0 radical (unpaired) electrons. The number of aromatic nitrogens is 2. The van der Waals surface area contributed by atoms with E-state index >= 15 is 0 Å². The highest BCUT2D eigenvalue weighted by Gasteiger charge is 2.12. The van der Waals surface area contributed by atoms with Crippen LogP contribution in [0.1, 0.15) is 19.2 Å². The van der Waals surface area contributed by atoms with Gasteiger partial charge in [0.2, 0.25) is 17.6 Å². The molecule has 2 aromatic rings. The van der Waals surface area contributed by atoms with Gasteiger partial charge >= 0.3 is 0 Å². The van der Waals surface area contributed by atoms with Gasteiger partial charge in [-0.3, -0.25) is 9.69 Å². The predicted molar refractivity (Wildman–Crippen MR) is 99.5 cm³/mol. The Labute approximate surface area is 158 Å². The number of carbonyl (C=O) groups is 1. The van der Waals surface area contributed by atoms with Crippen molar-refractivity contribution < 1.29 is 18.8 Å². The van der Waals surface area contributed by atoms with Gasteiger partial charge in [-0.1, -0.05) is 5.16 Å². The first kappa shape index (κ1) is 19.3. The minimum atomic E-state index is -0.0101. The lowest BCUT2D eigenvalue weighted by Crippen LogP contribution is -2.41. The molecule has 2 heterocycles. The number of ether oxygens (including phenoxy) is 2. The van der Waals surface area contributed by atoms with E-state index in [-0.39, 0.29) is 5.91 Å². The van der Waals surface area contributed by atoms with Crippen LogP contribution in [0.2, 0.25) is 0 Å². The quantitative estimate of drug-likeness (QED) is 0.712. The zero-order chi connectivity index (χ0) is 18.9. The molecule has 8 heteroatoms. The minimum absolute atomic E-state index is 0.0101. The third-order valence-corrected chi connectivity index (χ3v) is 4.31. The van der Waals surface area contributed by atoms with Gasteiger partial charge in [0.15, 0.2) is 0 Å². The van der Waals surface area contributed by atoms with Crippen LogP contribution >= 0.6 is 0 Å². The molecule has 1 aliphatic heterocycles. The highest BCUT2D eigenvalue weighted by molar-refractivity contribution is 5.76. The number of nitrogens with one attached hydrogen (secondary N) is 1. The number of carbonyl (C=O) groups excluding carboxylic acids is 1. The van der Waals surface area contributed by atoms with Gasteiger partial charge in [-0.15, -0.1) is 0 Å². The number of nitrogens with zero attached hydrogens (tertiary/aromatic N) is 3. The lowest BCUT2D eigenvalue weighted by atomic mass is 10.2. The third-order valence-electron chi connectivity index (χ3n) is 4.31. The Balaban J connectivity index is 1.40. The average Bonchev–Trinajstić information content (AvgIpc) is 3.17. The fraction of sp³-hybridized carbons (Fsp3) is 0.526. The Morgan fingerprint density at radius 3 is 2.78 bits per heavy atom. The summed E-state index contributed by atoms with van der Waals surface area (Å²) in [6, 6.07) is 7.52. The van der Waals surface area contributed by atoms with Gasteiger partial charge in [0, 0.05) is 44.6 Å². The Bertz CT molecular complexity index is 711. The molecule has 1 aliphatic rings. The van der Waals surface area contributed by atoms with Crippen LogP contribution < -0.4 is 10.1 Å². The number of hydrogen-bond donors (Lipinski definition) is 1. The summed E-state index contributed by atoms with van der Waals surface area (Å²) in [6.45, 7) is 7.43. The van der Waals surface area contributed by atoms with E-state index in [0.29, 0.717) is 37.7 Å². The minimum Gasteiger partial charge on any atom is -0.494 e. The molecule has 1 fully saturated rings. The van der Waals surface area contributed by atoms with Gasteiger partial charge in [0.25, 0.3) is 0 Å². The average molecular weight is 374 g/mol. The van der Waals surface area contributed by atoms with Gasteiger partial charge in [-0.2, -0.15) is 4.98 Å². The van der Waals surface area contributed by atoms with Gasteiger partial charge < -0.3 is 19.3 Å². The van der Waals surface area contributed by atoms with Gasteiger partial charge in [-0.05, 0) is 31.2 Å². The lowest BCUT2D eigenvalue weighted by Gasteiger charge is -2.26. The molecule has 0 atom stereocenters. The van der Waals surface area contributed by atoms with E-state index in [4.69, 9.17) is 14.0 Å². The van der Waals surface area contributed by atoms with Crippen molar-refractivity contribution in [2.45, 2.75) is 19.8 Å².